The van der Waals surface area contributed by atoms with Crippen molar-refractivity contribution >= 4 is 12.0 Å². The largest absolute Gasteiger partial charge is 0.471 e. The molecule has 11 heteroatoms. The number of anilines is 1. The molecule has 0 radical (unpaired) electrons. The van der Waals surface area contributed by atoms with E-state index in [1.54, 1.807) is 6.07 Å². The van der Waals surface area contributed by atoms with Crippen molar-refractivity contribution in [3.05, 3.63) is 40.3 Å². The summed E-state index contributed by atoms with van der Waals surface area (Å²) in [5.74, 6) is -1.80. The van der Waals surface area contributed by atoms with Crippen molar-refractivity contribution in [1.29, 1.82) is 0 Å². The van der Waals surface area contributed by atoms with E-state index >= 15 is 0 Å². The summed E-state index contributed by atoms with van der Waals surface area (Å²) in [4.78, 5) is 12.5. The van der Waals surface area contributed by atoms with Gasteiger partial charge in [0.15, 0.2) is 0 Å². The molecule has 1 N–H and O–H groups in total. The van der Waals surface area contributed by atoms with Gasteiger partial charge >= 0.3 is 18.4 Å². The lowest BCUT2D eigenvalue weighted by molar-refractivity contribution is -0.339. The Morgan fingerprint density at radius 3 is 2.71 bits per heavy atom. The van der Waals surface area contributed by atoms with Crippen molar-refractivity contribution in [2.24, 2.45) is 5.10 Å². The fourth-order valence-electron chi connectivity index (χ4n) is 1.37. The van der Waals surface area contributed by atoms with Gasteiger partial charge in [0.25, 0.3) is 0 Å². The number of benzene rings is 1. The van der Waals surface area contributed by atoms with Crippen LogP contribution in [0.3, 0.4) is 0 Å². The Hall–Kier alpha value is -2.98. The first kappa shape index (κ1) is 14.4. The minimum atomic E-state index is -4.75. The zero-order valence-electron chi connectivity index (χ0n) is 10.0. The molecule has 1 aromatic carbocycles. The molecule has 2 rings (SSSR count). The van der Waals surface area contributed by atoms with Crippen LogP contribution in [0.1, 0.15) is 5.89 Å². The maximum absolute atomic E-state index is 12.4. The molecule has 0 atom stereocenters. The third-order valence-corrected chi connectivity index (χ3v) is 2.17. The second-order valence-electron chi connectivity index (χ2n) is 3.61. The molecule has 21 heavy (non-hydrogen) atoms. The molecule has 8 nitrogen and oxygen atoms in total. The number of hydrogen-bond acceptors (Lipinski definition) is 7. The van der Waals surface area contributed by atoms with Crippen LogP contribution in [0.4, 0.5) is 18.9 Å². The van der Waals surface area contributed by atoms with E-state index in [4.69, 9.17) is 0 Å². The van der Waals surface area contributed by atoms with Crippen molar-refractivity contribution in [3.8, 4) is 11.4 Å². The van der Waals surface area contributed by atoms with Crippen LogP contribution in [-0.4, -0.2) is 21.4 Å². The van der Waals surface area contributed by atoms with Gasteiger partial charge in [-0.05, 0) is 17.1 Å². The molecule has 110 valence electrons. The number of hydrazone groups is 1. The first-order valence-corrected chi connectivity index (χ1v) is 5.31. The molecule has 0 aliphatic heterocycles. The molecule has 1 aromatic heterocycles. The van der Waals surface area contributed by atoms with E-state index in [9.17, 15) is 23.3 Å². The summed E-state index contributed by atoms with van der Waals surface area (Å²) in [6, 6.07) is 5.94. The highest BCUT2D eigenvalue weighted by Gasteiger charge is 2.38. The van der Waals surface area contributed by atoms with Crippen molar-refractivity contribution in [2.75, 3.05) is 5.43 Å². The Morgan fingerprint density at radius 2 is 2.10 bits per heavy atom. The lowest BCUT2D eigenvalue weighted by atomic mass is 10.2. The highest BCUT2D eigenvalue weighted by Crippen LogP contribution is 2.31. The molecule has 0 spiro atoms. The number of hydrogen-bond donors (Lipinski definition) is 1. The molecule has 1 heterocycles. The fourth-order valence-corrected chi connectivity index (χ4v) is 1.37. The van der Waals surface area contributed by atoms with E-state index in [0.717, 1.165) is 0 Å². The number of nitro groups is 1. The van der Waals surface area contributed by atoms with Crippen LogP contribution in [-0.2, 0) is 6.18 Å². The Balaban J connectivity index is 2.31. The maximum Gasteiger partial charge on any atom is 0.471 e. The average Bonchev–Trinajstić information content (AvgIpc) is 2.88. The third kappa shape index (κ3) is 3.52. The topological polar surface area (TPSA) is 106 Å². The number of aromatic nitrogens is 2. The van der Waals surface area contributed by atoms with Crippen LogP contribution >= 0.6 is 0 Å². The summed E-state index contributed by atoms with van der Waals surface area (Å²) in [6.45, 7) is 0. The zero-order chi connectivity index (χ0) is 15.5. The van der Waals surface area contributed by atoms with Crippen LogP contribution in [0.5, 0.6) is 0 Å². The number of halogens is 3. The van der Waals surface area contributed by atoms with Crippen molar-refractivity contribution in [3.63, 3.8) is 0 Å². The Labute approximate surface area is 114 Å². The van der Waals surface area contributed by atoms with Crippen molar-refractivity contribution in [2.45, 2.75) is 6.18 Å². The Morgan fingerprint density at radius 1 is 1.38 bits per heavy atom. The van der Waals surface area contributed by atoms with E-state index < -0.39 is 17.0 Å². The van der Waals surface area contributed by atoms with Gasteiger partial charge in [-0.1, -0.05) is 17.3 Å². The van der Waals surface area contributed by atoms with Gasteiger partial charge in [0.2, 0.25) is 5.82 Å². The summed E-state index contributed by atoms with van der Waals surface area (Å²) in [7, 11) is 0. The molecule has 0 aliphatic carbocycles. The number of nitrogens with zero attached hydrogens (tertiary/aromatic N) is 4. The van der Waals surface area contributed by atoms with Gasteiger partial charge in [0, 0.05) is 10.7 Å². The van der Waals surface area contributed by atoms with Gasteiger partial charge < -0.3 is 14.6 Å². The van der Waals surface area contributed by atoms with E-state index in [2.05, 4.69) is 25.2 Å². The second kappa shape index (κ2) is 5.56. The quantitative estimate of drug-likeness (QED) is 0.402. The van der Waals surface area contributed by atoms with Crippen molar-refractivity contribution in [1.82, 2.24) is 10.1 Å². The normalized spacial score (nSPS) is 11.8. The first-order valence-electron chi connectivity index (χ1n) is 5.31. The van der Waals surface area contributed by atoms with Gasteiger partial charge in [-0.2, -0.15) is 23.6 Å². The van der Waals surface area contributed by atoms with Gasteiger partial charge in [0.1, 0.15) is 0 Å². The zero-order valence-corrected chi connectivity index (χ0v) is 10.0. The first-order chi connectivity index (χ1) is 9.88. The van der Waals surface area contributed by atoms with E-state index in [1.165, 1.54) is 18.2 Å². The Kier molecular flexibility index (Phi) is 3.82. The van der Waals surface area contributed by atoms with Gasteiger partial charge in [-0.15, -0.1) is 0 Å². The van der Waals surface area contributed by atoms with Crippen LogP contribution in [0.15, 0.2) is 33.9 Å². The highest BCUT2D eigenvalue weighted by molar-refractivity contribution is 5.73. The van der Waals surface area contributed by atoms with E-state index in [-0.39, 0.29) is 17.1 Å². The predicted molar refractivity (Wildman–Crippen MR) is 63.8 cm³/mol. The van der Waals surface area contributed by atoms with Crippen LogP contribution in [0.2, 0.25) is 0 Å². The monoisotopic (exact) mass is 301 g/mol. The lowest BCUT2D eigenvalue weighted by Gasteiger charge is -2.01. The minimum absolute atomic E-state index is 0.150. The molecule has 0 bridgehead atoms. The molecule has 0 unspecified atom stereocenters. The third-order valence-electron chi connectivity index (χ3n) is 2.17. The lowest BCUT2D eigenvalue weighted by Crippen LogP contribution is -2.05. The SMILES string of the molecule is O=[N+]([O-])/C=N/Nc1ccccc1-c1noc(C(F)(F)F)n1. The smallest absolute Gasteiger partial charge is 0.358 e. The van der Waals surface area contributed by atoms with E-state index in [0.29, 0.717) is 6.34 Å². The molecule has 0 amide bonds. The van der Waals surface area contributed by atoms with Gasteiger partial charge in [0.05, 0.1) is 5.69 Å². The molecule has 0 saturated carbocycles. The number of rotatable bonds is 4. The molecule has 0 fully saturated rings. The number of nitrogens with one attached hydrogen (secondary N) is 1. The highest BCUT2D eigenvalue weighted by atomic mass is 19.4. The number of alkyl halides is 3. The summed E-state index contributed by atoms with van der Waals surface area (Å²) in [5, 5.41) is 16.6. The number of para-hydroxylation sites is 1. The molecular formula is C10H6F3N5O3. The van der Waals surface area contributed by atoms with E-state index in [1.807, 2.05) is 0 Å². The fraction of sp³-hybridized carbons (Fsp3) is 0.100. The second-order valence-corrected chi connectivity index (χ2v) is 3.61. The standard InChI is InChI=1S/C10H6F3N5O3/c11-10(12,13)9-15-8(17-21-9)6-3-1-2-4-7(6)16-14-5-18(19)20/h1-5,16H/b14-5+. The van der Waals surface area contributed by atoms with Crippen LogP contribution in [0.25, 0.3) is 11.4 Å². The molecule has 2 aromatic rings. The van der Waals surface area contributed by atoms with Crippen molar-refractivity contribution < 1.29 is 22.6 Å². The maximum atomic E-state index is 12.4. The summed E-state index contributed by atoms with van der Waals surface area (Å²) < 4.78 is 41.3. The Bertz CT molecular complexity index is 683. The summed E-state index contributed by atoms with van der Waals surface area (Å²) in [5.41, 5.74) is 2.65. The minimum Gasteiger partial charge on any atom is -0.358 e. The van der Waals surface area contributed by atoms with Crippen LogP contribution in [0, 0.1) is 10.1 Å². The predicted octanol–water partition coefficient (Wildman–Crippen LogP) is 2.39. The molecular weight excluding hydrogens is 295 g/mol. The summed E-state index contributed by atoms with van der Waals surface area (Å²) >= 11 is 0. The van der Waals surface area contributed by atoms with Crippen LogP contribution < -0.4 is 5.43 Å². The molecule has 0 saturated heterocycles. The molecule has 0 aliphatic rings. The average molecular weight is 301 g/mol. The summed E-state index contributed by atoms with van der Waals surface area (Å²) in [6.07, 6.45) is -4.36. The van der Waals surface area contributed by atoms with Gasteiger partial charge in [-0.3, -0.25) is 0 Å². The van der Waals surface area contributed by atoms with Gasteiger partial charge in [-0.25, -0.2) is 0 Å².